The number of carbonyl (C=O) groups excluding carboxylic acids is 3. The highest BCUT2D eigenvalue weighted by Crippen LogP contribution is 2.26. The SMILES string of the molecule is Cc1cc(NC(=O)CCCN2C(=O)CN(C)C2=O)ccc1N1CCCC1. The lowest BCUT2D eigenvalue weighted by Crippen LogP contribution is -2.32. The summed E-state index contributed by atoms with van der Waals surface area (Å²) in [7, 11) is 1.60. The number of aryl methyl sites for hydroxylation is 1. The lowest BCUT2D eigenvalue weighted by Gasteiger charge is -2.20. The third-order valence-electron chi connectivity index (χ3n) is 4.94. The highest BCUT2D eigenvalue weighted by molar-refractivity contribution is 6.01. The van der Waals surface area contributed by atoms with Gasteiger partial charge in [-0.1, -0.05) is 0 Å². The molecule has 1 N–H and O–H groups in total. The number of nitrogens with zero attached hydrogens (tertiary/aromatic N) is 3. The first-order valence-corrected chi connectivity index (χ1v) is 9.16. The largest absolute Gasteiger partial charge is 0.371 e. The fraction of sp³-hybridized carbons (Fsp3) is 0.526. The number of urea groups is 1. The molecule has 7 nitrogen and oxygen atoms in total. The van der Waals surface area contributed by atoms with Crippen LogP contribution in [0.1, 0.15) is 31.2 Å². The molecular weight excluding hydrogens is 332 g/mol. The molecule has 0 spiro atoms. The van der Waals surface area contributed by atoms with Gasteiger partial charge in [0.2, 0.25) is 11.8 Å². The van der Waals surface area contributed by atoms with Crippen molar-refractivity contribution in [2.45, 2.75) is 32.6 Å². The Morgan fingerprint density at radius 3 is 2.54 bits per heavy atom. The Morgan fingerprint density at radius 1 is 1.19 bits per heavy atom. The first-order chi connectivity index (χ1) is 12.5. The number of benzene rings is 1. The normalized spacial score (nSPS) is 17.4. The predicted octanol–water partition coefficient (Wildman–Crippen LogP) is 2.21. The summed E-state index contributed by atoms with van der Waals surface area (Å²) in [6, 6.07) is 5.70. The van der Waals surface area contributed by atoms with Crippen molar-refractivity contribution in [2.24, 2.45) is 0 Å². The second-order valence-corrected chi connectivity index (χ2v) is 7.03. The van der Waals surface area contributed by atoms with E-state index in [1.807, 2.05) is 12.1 Å². The highest BCUT2D eigenvalue weighted by atomic mass is 16.2. The molecule has 26 heavy (non-hydrogen) atoms. The maximum Gasteiger partial charge on any atom is 0.326 e. The zero-order valence-electron chi connectivity index (χ0n) is 15.5. The molecule has 0 bridgehead atoms. The number of anilines is 2. The molecule has 0 radical (unpaired) electrons. The molecule has 1 aromatic carbocycles. The fourth-order valence-electron chi connectivity index (χ4n) is 3.56. The van der Waals surface area contributed by atoms with Gasteiger partial charge in [-0.25, -0.2) is 4.79 Å². The van der Waals surface area contributed by atoms with Gasteiger partial charge in [-0.05, 0) is 49.9 Å². The Morgan fingerprint density at radius 2 is 1.92 bits per heavy atom. The zero-order chi connectivity index (χ0) is 18.7. The van der Waals surface area contributed by atoms with E-state index in [-0.39, 0.29) is 37.4 Å². The molecule has 7 heteroatoms. The van der Waals surface area contributed by atoms with Crippen LogP contribution in [-0.4, -0.2) is 60.9 Å². The lowest BCUT2D eigenvalue weighted by atomic mass is 10.1. The van der Waals surface area contributed by atoms with Crippen molar-refractivity contribution < 1.29 is 14.4 Å². The number of nitrogens with one attached hydrogen (secondary N) is 1. The minimum absolute atomic E-state index is 0.106. The smallest absolute Gasteiger partial charge is 0.326 e. The van der Waals surface area contributed by atoms with Gasteiger partial charge in [-0.15, -0.1) is 0 Å². The summed E-state index contributed by atoms with van der Waals surface area (Å²) in [4.78, 5) is 40.6. The number of hydrogen-bond donors (Lipinski definition) is 1. The van der Waals surface area contributed by atoms with Gasteiger partial charge in [0.05, 0.1) is 0 Å². The van der Waals surface area contributed by atoms with Crippen molar-refractivity contribution in [1.29, 1.82) is 0 Å². The molecular formula is C19H26N4O3. The van der Waals surface area contributed by atoms with Crippen LogP contribution in [0.5, 0.6) is 0 Å². The van der Waals surface area contributed by atoms with Gasteiger partial charge >= 0.3 is 6.03 Å². The summed E-state index contributed by atoms with van der Waals surface area (Å²) in [5.74, 6) is -0.309. The van der Waals surface area contributed by atoms with Crippen LogP contribution in [-0.2, 0) is 9.59 Å². The number of carbonyl (C=O) groups is 3. The second-order valence-electron chi connectivity index (χ2n) is 7.03. The van der Waals surface area contributed by atoms with Gasteiger partial charge in [0.25, 0.3) is 0 Å². The van der Waals surface area contributed by atoms with Gasteiger partial charge in [0, 0.05) is 44.5 Å². The monoisotopic (exact) mass is 358 g/mol. The van der Waals surface area contributed by atoms with Crippen molar-refractivity contribution >= 4 is 29.2 Å². The van der Waals surface area contributed by atoms with Crippen LogP contribution in [0.2, 0.25) is 0 Å². The summed E-state index contributed by atoms with van der Waals surface area (Å²) in [6.07, 6.45) is 3.20. The van der Waals surface area contributed by atoms with E-state index in [1.54, 1.807) is 7.05 Å². The van der Waals surface area contributed by atoms with Gasteiger partial charge in [0.1, 0.15) is 6.54 Å². The molecule has 0 atom stereocenters. The minimum Gasteiger partial charge on any atom is -0.371 e. The van der Waals surface area contributed by atoms with E-state index >= 15 is 0 Å². The van der Waals surface area contributed by atoms with Crippen LogP contribution in [0.3, 0.4) is 0 Å². The molecule has 3 rings (SSSR count). The Hall–Kier alpha value is -2.57. The maximum absolute atomic E-state index is 12.1. The van der Waals surface area contributed by atoms with Crippen LogP contribution in [0.25, 0.3) is 0 Å². The van der Waals surface area contributed by atoms with Gasteiger partial charge in [-0.3, -0.25) is 14.5 Å². The minimum atomic E-state index is -0.288. The van der Waals surface area contributed by atoms with Crippen LogP contribution in [0.4, 0.5) is 16.2 Å². The van der Waals surface area contributed by atoms with Gasteiger partial charge in [-0.2, -0.15) is 0 Å². The van der Waals surface area contributed by atoms with Crippen molar-refractivity contribution in [3.8, 4) is 0 Å². The molecule has 2 aliphatic rings. The molecule has 0 aromatic heterocycles. The molecule has 2 fully saturated rings. The molecule has 2 saturated heterocycles. The van der Waals surface area contributed by atoms with Crippen molar-refractivity contribution in [1.82, 2.24) is 9.80 Å². The van der Waals surface area contributed by atoms with Gasteiger partial charge < -0.3 is 15.1 Å². The summed E-state index contributed by atoms with van der Waals surface area (Å²) >= 11 is 0. The number of likely N-dealkylation sites (N-methyl/N-ethyl adjacent to an activating group) is 1. The van der Waals surface area contributed by atoms with E-state index in [2.05, 4.69) is 23.2 Å². The summed E-state index contributed by atoms with van der Waals surface area (Å²) < 4.78 is 0. The van der Waals surface area contributed by atoms with E-state index in [1.165, 1.54) is 28.3 Å². The highest BCUT2D eigenvalue weighted by Gasteiger charge is 2.32. The molecule has 0 aliphatic carbocycles. The fourth-order valence-corrected chi connectivity index (χ4v) is 3.56. The molecule has 4 amide bonds. The Bertz CT molecular complexity index is 713. The molecule has 1 aromatic rings. The van der Waals surface area contributed by atoms with Crippen molar-refractivity contribution in [3.05, 3.63) is 23.8 Å². The number of imide groups is 1. The third kappa shape index (κ3) is 3.98. The summed E-state index contributed by atoms with van der Waals surface area (Å²) in [5.41, 5.74) is 3.17. The topological polar surface area (TPSA) is 73.0 Å². The number of hydrogen-bond acceptors (Lipinski definition) is 4. The van der Waals surface area contributed by atoms with Crippen LogP contribution in [0, 0.1) is 6.92 Å². The number of rotatable bonds is 6. The van der Waals surface area contributed by atoms with Crippen LogP contribution in [0.15, 0.2) is 18.2 Å². The maximum atomic E-state index is 12.1. The molecule has 2 aliphatic heterocycles. The predicted molar refractivity (Wildman–Crippen MR) is 100 cm³/mol. The van der Waals surface area contributed by atoms with Crippen LogP contribution >= 0.6 is 0 Å². The molecule has 2 heterocycles. The van der Waals surface area contributed by atoms with E-state index in [4.69, 9.17) is 0 Å². The van der Waals surface area contributed by atoms with Crippen molar-refractivity contribution in [3.63, 3.8) is 0 Å². The Labute approximate surface area is 153 Å². The zero-order valence-corrected chi connectivity index (χ0v) is 15.5. The van der Waals surface area contributed by atoms with E-state index in [9.17, 15) is 14.4 Å². The first-order valence-electron chi connectivity index (χ1n) is 9.16. The Balaban J connectivity index is 1.48. The van der Waals surface area contributed by atoms with E-state index in [0.29, 0.717) is 6.42 Å². The number of amides is 4. The Kier molecular flexibility index (Phi) is 5.44. The summed E-state index contributed by atoms with van der Waals surface area (Å²) in [6.45, 7) is 4.64. The van der Waals surface area contributed by atoms with Crippen molar-refractivity contribution in [2.75, 3.05) is 43.4 Å². The average molecular weight is 358 g/mol. The average Bonchev–Trinajstić information content (AvgIpc) is 3.19. The standard InChI is InChI=1S/C19H26N4O3/c1-14-12-15(7-8-16(14)22-9-3-4-10-22)20-17(24)6-5-11-23-18(25)13-21(2)19(23)26/h7-8,12H,3-6,9-11,13H2,1-2H3,(H,20,24). The second kappa shape index (κ2) is 7.76. The lowest BCUT2D eigenvalue weighted by molar-refractivity contribution is -0.125. The van der Waals surface area contributed by atoms with E-state index in [0.717, 1.165) is 24.3 Å². The van der Waals surface area contributed by atoms with Crippen LogP contribution < -0.4 is 10.2 Å². The van der Waals surface area contributed by atoms with Gasteiger partial charge in [0.15, 0.2) is 0 Å². The van der Waals surface area contributed by atoms with E-state index < -0.39 is 0 Å². The molecule has 0 unspecified atom stereocenters. The summed E-state index contributed by atoms with van der Waals surface area (Å²) in [5, 5.41) is 2.90. The third-order valence-corrected chi connectivity index (χ3v) is 4.94. The molecule has 0 saturated carbocycles. The quantitative estimate of drug-likeness (QED) is 0.792. The molecule has 140 valence electrons. The first kappa shape index (κ1) is 18.2.